The molecule has 0 fully saturated rings. The minimum absolute atomic E-state index is 0.187. The molecule has 0 aliphatic carbocycles. The smallest absolute Gasteiger partial charge is 0.267 e. The van der Waals surface area contributed by atoms with Crippen LogP contribution in [0, 0.1) is 6.92 Å². The normalized spacial score (nSPS) is 11.2. The number of carbonyl (C=O) groups excluding carboxylic acids is 1. The van der Waals surface area contributed by atoms with Crippen molar-refractivity contribution in [1.29, 1.82) is 0 Å². The molecule has 0 bridgehead atoms. The van der Waals surface area contributed by atoms with Gasteiger partial charge in [-0.15, -0.1) is 11.3 Å². The van der Waals surface area contributed by atoms with Gasteiger partial charge in [-0.3, -0.25) is 9.59 Å². The number of nitrogens with one attached hydrogen (secondary N) is 1. The number of aromatic nitrogens is 2. The predicted octanol–water partition coefficient (Wildman–Crippen LogP) is 2.55. The minimum atomic E-state index is -0.446. The van der Waals surface area contributed by atoms with Crippen molar-refractivity contribution in [2.45, 2.75) is 20.4 Å². The quantitative estimate of drug-likeness (QED) is 0.586. The number of rotatable bonds is 4. The maximum Gasteiger partial charge on any atom is 0.292 e. The summed E-state index contributed by atoms with van der Waals surface area (Å²) in [7, 11) is 0. The molecule has 0 spiro atoms. The number of benzene rings is 1. The molecule has 0 unspecified atom stereocenters. The van der Waals surface area contributed by atoms with Gasteiger partial charge in [0.15, 0.2) is 5.69 Å². The summed E-state index contributed by atoms with van der Waals surface area (Å²) in [4.78, 5) is 25.7. The fourth-order valence-corrected chi connectivity index (χ4v) is 3.12. The molecule has 0 saturated heterocycles. The van der Waals surface area contributed by atoms with Crippen molar-refractivity contribution >= 4 is 34.2 Å². The van der Waals surface area contributed by atoms with E-state index in [1.165, 1.54) is 4.68 Å². The van der Waals surface area contributed by atoms with E-state index in [1.807, 2.05) is 25.3 Å². The Labute approximate surface area is 142 Å². The van der Waals surface area contributed by atoms with Crippen LogP contribution in [0.5, 0.6) is 0 Å². The molecule has 24 heavy (non-hydrogen) atoms. The summed E-state index contributed by atoms with van der Waals surface area (Å²) >= 11 is 1.55. The lowest BCUT2D eigenvalue weighted by Crippen LogP contribution is -2.28. The molecule has 0 radical (unpaired) electrons. The topological polar surface area (TPSA) is 76.3 Å². The second-order valence-electron chi connectivity index (χ2n) is 5.18. The predicted molar refractivity (Wildman–Crippen MR) is 95.8 cm³/mol. The van der Waals surface area contributed by atoms with Gasteiger partial charge in [0, 0.05) is 16.8 Å². The van der Waals surface area contributed by atoms with E-state index in [-0.39, 0.29) is 11.3 Å². The first-order valence-corrected chi connectivity index (χ1v) is 8.37. The van der Waals surface area contributed by atoms with E-state index in [0.29, 0.717) is 17.3 Å². The van der Waals surface area contributed by atoms with Crippen LogP contribution in [0.1, 0.15) is 27.9 Å². The molecule has 0 saturated carbocycles. The van der Waals surface area contributed by atoms with Gasteiger partial charge in [0.1, 0.15) is 0 Å². The highest BCUT2D eigenvalue weighted by Crippen LogP contribution is 2.14. The number of hydrazone groups is 1. The van der Waals surface area contributed by atoms with E-state index in [2.05, 4.69) is 15.6 Å². The Bertz CT molecular complexity index is 988. The number of hydrogen-bond donors (Lipinski definition) is 1. The van der Waals surface area contributed by atoms with Crippen LogP contribution in [0.25, 0.3) is 10.8 Å². The maximum absolute atomic E-state index is 12.5. The highest BCUT2D eigenvalue weighted by molar-refractivity contribution is 7.11. The fourth-order valence-electron chi connectivity index (χ4n) is 2.34. The molecule has 3 rings (SSSR count). The highest BCUT2D eigenvalue weighted by Gasteiger charge is 2.15. The second kappa shape index (κ2) is 6.76. The van der Waals surface area contributed by atoms with Crippen LogP contribution in [-0.4, -0.2) is 21.9 Å². The fraction of sp³-hybridized carbons (Fsp3) is 0.176. The van der Waals surface area contributed by atoms with Gasteiger partial charge in [0.05, 0.1) is 11.6 Å². The molecule has 2 heterocycles. The van der Waals surface area contributed by atoms with Gasteiger partial charge in [-0.2, -0.15) is 10.2 Å². The highest BCUT2D eigenvalue weighted by atomic mass is 32.1. The molecule has 1 N–H and O–H groups in total. The van der Waals surface area contributed by atoms with Crippen LogP contribution >= 0.6 is 11.3 Å². The molecule has 0 aliphatic rings. The standard InChI is InChI=1S/C17H16N4O2S/c1-3-21-17(23)13-7-5-4-6-12(13)15(20-21)16(22)19-18-10-14-11(2)8-9-24-14/h4-10H,3H2,1-2H3,(H,19,22)/b18-10+. The molecule has 0 aliphatic heterocycles. The number of nitrogens with zero attached hydrogens (tertiary/aromatic N) is 3. The molecule has 7 heteroatoms. The molecule has 6 nitrogen and oxygen atoms in total. The molecule has 3 aromatic rings. The van der Waals surface area contributed by atoms with Gasteiger partial charge in [-0.25, -0.2) is 10.1 Å². The van der Waals surface area contributed by atoms with Crippen LogP contribution < -0.4 is 11.0 Å². The molecule has 0 atom stereocenters. The molecule has 1 aromatic carbocycles. The Hall–Kier alpha value is -2.80. The number of carbonyl (C=O) groups is 1. The Kier molecular flexibility index (Phi) is 4.52. The molecule has 1 amide bonds. The Morgan fingerprint density at radius 2 is 2.08 bits per heavy atom. The summed E-state index contributed by atoms with van der Waals surface area (Å²) in [5, 5.41) is 11.1. The van der Waals surface area contributed by atoms with E-state index < -0.39 is 5.91 Å². The average Bonchev–Trinajstić information content (AvgIpc) is 3.00. The largest absolute Gasteiger partial charge is 0.292 e. The first-order chi connectivity index (χ1) is 11.6. The van der Waals surface area contributed by atoms with Crippen molar-refractivity contribution in [3.63, 3.8) is 0 Å². The zero-order chi connectivity index (χ0) is 17.1. The molecular weight excluding hydrogens is 324 g/mol. The second-order valence-corrected chi connectivity index (χ2v) is 6.13. The number of thiophene rings is 1. The van der Waals surface area contributed by atoms with Crippen molar-refractivity contribution in [1.82, 2.24) is 15.2 Å². The number of hydrogen-bond acceptors (Lipinski definition) is 5. The average molecular weight is 340 g/mol. The number of fused-ring (bicyclic) bond motifs is 1. The molecular formula is C17H16N4O2S. The van der Waals surface area contributed by atoms with Crippen molar-refractivity contribution in [2.75, 3.05) is 0 Å². The van der Waals surface area contributed by atoms with Gasteiger partial charge in [-0.1, -0.05) is 18.2 Å². The zero-order valence-corrected chi connectivity index (χ0v) is 14.1. The minimum Gasteiger partial charge on any atom is -0.267 e. The lowest BCUT2D eigenvalue weighted by atomic mass is 10.1. The maximum atomic E-state index is 12.5. The van der Waals surface area contributed by atoms with E-state index in [0.717, 1.165) is 10.4 Å². The van der Waals surface area contributed by atoms with Crippen LogP contribution in [0.15, 0.2) is 45.6 Å². The van der Waals surface area contributed by atoms with Gasteiger partial charge in [0.2, 0.25) is 0 Å². The lowest BCUT2D eigenvalue weighted by Gasteiger charge is -2.08. The monoisotopic (exact) mass is 340 g/mol. The van der Waals surface area contributed by atoms with E-state index in [4.69, 9.17) is 0 Å². The molecule has 122 valence electrons. The van der Waals surface area contributed by atoms with Crippen LogP contribution in [0.3, 0.4) is 0 Å². The third-order valence-corrected chi connectivity index (χ3v) is 4.59. The zero-order valence-electron chi connectivity index (χ0n) is 13.3. The summed E-state index contributed by atoms with van der Waals surface area (Å²) in [6.45, 7) is 4.18. The van der Waals surface area contributed by atoms with Crippen molar-refractivity contribution < 1.29 is 4.79 Å². The Balaban J connectivity index is 1.95. The first-order valence-electron chi connectivity index (χ1n) is 7.49. The Morgan fingerprint density at radius 1 is 1.33 bits per heavy atom. The third-order valence-electron chi connectivity index (χ3n) is 3.63. The lowest BCUT2D eigenvalue weighted by molar-refractivity contribution is 0.0949. The number of amides is 1. The van der Waals surface area contributed by atoms with Crippen molar-refractivity contribution in [2.24, 2.45) is 5.10 Å². The third kappa shape index (κ3) is 2.98. The van der Waals surface area contributed by atoms with Gasteiger partial charge >= 0.3 is 0 Å². The van der Waals surface area contributed by atoms with Gasteiger partial charge in [0.25, 0.3) is 11.5 Å². The summed E-state index contributed by atoms with van der Waals surface area (Å²) < 4.78 is 1.28. The first kappa shape index (κ1) is 16.1. The SMILES string of the molecule is CCn1nc(C(=O)N/N=C/c2sccc2C)c2ccccc2c1=O. The summed E-state index contributed by atoms with van der Waals surface area (Å²) in [5.41, 5.74) is 3.57. The van der Waals surface area contributed by atoms with Crippen LogP contribution in [-0.2, 0) is 6.54 Å². The van der Waals surface area contributed by atoms with Crippen LogP contribution in [0.2, 0.25) is 0 Å². The van der Waals surface area contributed by atoms with Gasteiger partial charge in [-0.05, 0) is 36.9 Å². The Morgan fingerprint density at radius 3 is 2.75 bits per heavy atom. The summed E-state index contributed by atoms with van der Waals surface area (Å²) in [6.07, 6.45) is 1.61. The number of aryl methyl sites for hydroxylation is 2. The van der Waals surface area contributed by atoms with E-state index >= 15 is 0 Å². The van der Waals surface area contributed by atoms with Crippen LogP contribution in [0.4, 0.5) is 0 Å². The molecule has 2 aromatic heterocycles. The summed E-state index contributed by atoms with van der Waals surface area (Å²) in [6, 6.07) is 8.93. The van der Waals surface area contributed by atoms with Gasteiger partial charge < -0.3 is 0 Å². The van der Waals surface area contributed by atoms with E-state index in [1.54, 1.807) is 41.8 Å². The van der Waals surface area contributed by atoms with Crippen molar-refractivity contribution in [3.05, 3.63) is 62.2 Å². The van der Waals surface area contributed by atoms with Crippen molar-refractivity contribution in [3.8, 4) is 0 Å². The summed E-state index contributed by atoms with van der Waals surface area (Å²) in [5.74, 6) is -0.446. The van der Waals surface area contributed by atoms with E-state index in [9.17, 15) is 9.59 Å².